The first kappa shape index (κ1) is 26.3. The maximum Gasteiger partial charge on any atom is 0.244 e. The number of amides is 2. The largest absolute Gasteiger partial charge is 0.342 e. The van der Waals surface area contributed by atoms with Crippen molar-refractivity contribution in [3.05, 3.63) is 35.9 Å². The van der Waals surface area contributed by atoms with Crippen molar-refractivity contribution in [2.45, 2.75) is 51.7 Å². The van der Waals surface area contributed by atoms with Crippen molar-refractivity contribution in [3.8, 4) is 0 Å². The summed E-state index contributed by atoms with van der Waals surface area (Å²) in [5.41, 5.74) is 2.73. The molecular formula is C22H37N3O4S. The second-order valence-electron chi connectivity index (χ2n) is 8.22. The zero-order valence-corrected chi connectivity index (χ0v) is 19.5. The number of hydrogen-bond acceptors (Lipinski definition) is 4. The minimum atomic E-state index is -0.889. The topological polar surface area (TPSA) is 89.9 Å². The first-order chi connectivity index (χ1) is 14.2. The lowest BCUT2D eigenvalue weighted by Crippen LogP contribution is -2.41. The number of piperidine rings is 1. The zero-order valence-electron chi connectivity index (χ0n) is 18.7. The second-order valence-corrected chi connectivity index (χ2v) is 9.88. The lowest BCUT2D eigenvalue weighted by Gasteiger charge is -2.30. The maximum atomic E-state index is 12.3. The van der Waals surface area contributed by atoms with Crippen LogP contribution in [0.3, 0.4) is 0 Å². The molecule has 2 rings (SSSR count). The van der Waals surface area contributed by atoms with Crippen molar-refractivity contribution in [2.24, 2.45) is 11.8 Å². The molecule has 2 N–H and O–H groups in total. The molecule has 1 aromatic carbocycles. The van der Waals surface area contributed by atoms with Gasteiger partial charge in [0.2, 0.25) is 11.8 Å². The Morgan fingerprint density at radius 3 is 2.23 bits per heavy atom. The highest BCUT2D eigenvalue weighted by atomic mass is 32.2. The molecule has 1 aromatic rings. The van der Waals surface area contributed by atoms with Crippen LogP contribution in [0.15, 0.2) is 30.3 Å². The van der Waals surface area contributed by atoms with Gasteiger partial charge in [0, 0.05) is 25.4 Å². The number of nitrogens with zero attached hydrogens (tertiary/aromatic N) is 2. The van der Waals surface area contributed by atoms with Crippen LogP contribution in [-0.4, -0.2) is 57.6 Å². The molecule has 1 aliphatic rings. The number of hydrogen-bond donors (Lipinski definition) is 2. The van der Waals surface area contributed by atoms with Gasteiger partial charge in [0.25, 0.3) is 0 Å². The number of nitrogens with one attached hydrogen (secondary N) is 1. The number of carbonyl (C=O) groups excluding carboxylic acids is 2. The van der Waals surface area contributed by atoms with Crippen molar-refractivity contribution >= 4 is 22.8 Å². The number of benzene rings is 1. The van der Waals surface area contributed by atoms with Crippen LogP contribution in [0.2, 0.25) is 0 Å². The summed E-state index contributed by atoms with van der Waals surface area (Å²) in [5.74, 6) is 0.233. The first-order valence-electron chi connectivity index (χ1n) is 10.6. The molecule has 7 nitrogen and oxygen atoms in total. The van der Waals surface area contributed by atoms with Crippen LogP contribution in [0.5, 0.6) is 0 Å². The molecule has 0 radical (unpaired) electrons. The molecule has 2 unspecified atom stereocenters. The smallest absolute Gasteiger partial charge is 0.244 e. The maximum absolute atomic E-state index is 12.3. The predicted octanol–water partition coefficient (Wildman–Crippen LogP) is 2.97. The van der Waals surface area contributed by atoms with E-state index in [1.807, 2.05) is 63.2 Å². The quantitative estimate of drug-likeness (QED) is 0.481. The molecule has 0 saturated carbocycles. The Labute approximate surface area is 183 Å². The van der Waals surface area contributed by atoms with E-state index in [9.17, 15) is 13.8 Å². The fraction of sp³-hybridized carbons (Fsp3) is 0.636. The summed E-state index contributed by atoms with van der Waals surface area (Å²) >= 11 is 0. The molecule has 0 aliphatic carbocycles. The third-order valence-electron chi connectivity index (χ3n) is 4.87. The normalized spacial score (nSPS) is 15.9. The Morgan fingerprint density at radius 2 is 1.73 bits per heavy atom. The summed E-state index contributed by atoms with van der Waals surface area (Å²) in [6.07, 6.45) is 4.03. The van der Waals surface area contributed by atoms with Crippen LogP contribution in [-0.2, 0) is 26.3 Å². The van der Waals surface area contributed by atoms with Gasteiger partial charge < -0.3 is 4.90 Å². The Kier molecular flexibility index (Phi) is 12.5. The average Bonchev–Trinajstić information content (AvgIpc) is 2.74. The molecule has 2 amide bonds. The fourth-order valence-electron chi connectivity index (χ4n) is 3.33. The number of carbonyl (C=O) groups is 2. The van der Waals surface area contributed by atoms with Gasteiger partial charge >= 0.3 is 0 Å². The van der Waals surface area contributed by atoms with E-state index >= 15 is 0 Å². The summed E-state index contributed by atoms with van der Waals surface area (Å²) in [6, 6.07) is 9.86. The predicted molar refractivity (Wildman–Crippen MR) is 120 cm³/mol. The summed E-state index contributed by atoms with van der Waals surface area (Å²) in [5, 5.41) is 8.59. The molecule has 8 heteroatoms. The Bertz CT molecular complexity index is 662. The average molecular weight is 440 g/mol. The van der Waals surface area contributed by atoms with Gasteiger partial charge in [0.1, 0.15) is 0 Å². The van der Waals surface area contributed by atoms with Crippen LogP contribution < -0.4 is 5.48 Å². The van der Waals surface area contributed by atoms with Gasteiger partial charge in [-0.3, -0.25) is 14.8 Å². The monoisotopic (exact) mass is 439 g/mol. The van der Waals surface area contributed by atoms with Crippen molar-refractivity contribution < 1.29 is 19.0 Å². The van der Waals surface area contributed by atoms with E-state index in [4.69, 9.17) is 5.21 Å². The van der Waals surface area contributed by atoms with Gasteiger partial charge in [0.05, 0.1) is 16.7 Å². The van der Waals surface area contributed by atoms with E-state index < -0.39 is 16.9 Å². The molecule has 1 fully saturated rings. The molecule has 0 bridgehead atoms. The lowest BCUT2D eigenvalue weighted by molar-refractivity contribution is -0.141. The molecule has 30 heavy (non-hydrogen) atoms. The number of hydroxylamine groups is 1. The van der Waals surface area contributed by atoms with E-state index in [0.717, 1.165) is 31.5 Å². The first-order valence-corrected chi connectivity index (χ1v) is 11.8. The van der Waals surface area contributed by atoms with Crippen LogP contribution in [0.1, 0.15) is 51.5 Å². The highest BCUT2D eigenvalue weighted by Gasteiger charge is 2.28. The van der Waals surface area contributed by atoms with Crippen LogP contribution in [0.4, 0.5) is 0 Å². The zero-order chi connectivity index (χ0) is 22.5. The van der Waals surface area contributed by atoms with E-state index in [2.05, 4.69) is 0 Å². The number of rotatable bonds is 8. The second kappa shape index (κ2) is 14.3. The van der Waals surface area contributed by atoms with Crippen LogP contribution >= 0.6 is 0 Å². The SMILES string of the molecule is CC(C)CC(CC(=O)NO)C(=O)N1CCCCC1.CN(C)S(=O)Cc1ccccc1. The van der Waals surface area contributed by atoms with Gasteiger partial charge in [-0.15, -0.1) is 0 Å². The summed E-state index contributed by atoms with van der Waals surface area (Å²) < 4.78 is 13.1. The third kappa shape index (κ3) is 10.3. The molecule has 1 saturated heterocycles. The number of likely N-dealkylation sites (tertiary alicyclic amines) is 1. The van der Waals surface area contributed by atoms with Crippen molar-refractivity contribution in [1.82, 2.24) is 14.7 Å². The van der Waals surface area contributed by atoms with Gasteiger partial charge in [0.15, 0.2) is 0 Å². The van der Waals surface area contributed by atoms with E-state index in [0.29, 0.717) is 18.1 Å². The van der Waals surface area contributed by atoms with E-state index in [1.54, 1.807) is 9.79 Å². The summed E-state index contributed by atoms with van der Waals surface area (Å²) in [6.45, 7) is 5.67. The third-order valence-corrected chi connectivity index (χ3v) is 6.26. The highest BCUT2D eigenvalue weighted by Crippen LogP contribution is 2.21. The Balaban J connectivity index is 0.000000325. The van der Waals surface area contributed by atoms with Crippen LogP contribution in [0, 0.1) is 11.8 Å². The molecule has 170 valence electrons. The Hall–Kier alpha value is -1.77. The Morgan fingerprint density at radius 1 is 1.13 bits per heavy atom. The highest BCUT2D eigenvalue weighted by molar-refractivity contribution is 7.81. The molecule has 0 aromatic heterocycles. The summed E-state index contributed by atoms with van der Waals surface area (Å²) in [4.78, 5) is 25.5. The molecular weight excluding hydrogens is 402 g/mol. The molecule has 1 heterocycles. The van der Waals surface area contributed by atoms with Crippen molar-refractivity contribution in [2.75, 3.05) is 27.2 Å². The van der Waals surface area contributed by atoms with E-state index in [-0.39, 0.29) is 18.2 Å². The van der Waals surface area contributed by atoms with Crippen LogP contribution in [0.25, 0.3) is 0 Å². The standard InChI is InChI=1S/C13H24N2O3.C9H13NOS/c1-10(2)8-11(9-12(16)14-18)13(17)15-6-4-3-5-7-15;1-10(2)12(11)8-9-6-4-3-5-7-9/h10-11,18H,3-9H2,1-2H3,(H,14,16);3-7H,8H2,1-2H3. The summed E-state index contributed by atoms with van der Waals surface area (Å²) in [7, 11) is 2.75. The fourth-order valence-corrected chi connectivity index (χ4v) is 4.06. The van der Waals surface area contributed by atoms with E-state index in [1.165, 1.54) is 6.42 Å². The molecule has 1 aliphatic heterocycles. The van der Waals surface area contributed by atoms with Gasteiger partial charge in [-0.05, 0) is 51.3 Å². The van der Waals surface area contributed by atoms with Gasteiger partial charge in [-0.2, -0.15) is 0 Å². The minimum Gasteiger partial charge on any atom is -0.342 e. The lowest BCUT2D eigenvalue weighted by atomic mass is 9.92. The van der Waals surface area contributed by atoms with Crippen molar-refractivity contribution in [3.63, 3.8) is 0 Å². The van der Waals surface area contributed by atoms with Crippen molar-refractivity contribution in [1.29, 1.82) is 0 Å². The van der Waals surface area contributed by atoms with Gasteiger partial charge in [-0.1, -0.05) is 44.2 Å². The molecule has 2 atom stereocenters. The molecule has 0 spiro atoms. The van der Waals surface area contributed by atoms with Gasteiger partial charge in [-0.25, -0.2) is 14.0 Å². The minimum absolute atomic E-state index is 0.0620.